The first-order chi connectivity index (χ1) is 6.65. The minimum absolute atomic E-state index is 0.217. The van der Waals surface area contributed by atoms with E-state index in [2.05, 4.69) is 6.58 Å². The van der Waals surface area contributed by atoms with Gasteiger partial charge in [-0.3, -0.25) is 4.79 Å². The zero-order chi connectivity index (χ0) is 10.6. The maximum atomic E-state index is 11.0. The van der Waals surface area contributed by atoms with Crippen molar-refractivity contribution in [2.24, 2.45) is 11.8 Å². The number of hydrogen-bond donors (Lipinski definition) is 2. The second-order valence-corrected chi connectivity index (χ2v) is 4.04. The molecule has 0 heterocycles. The van der Waals surface area contributed by atoms with Gasteiger partial charge >= 0.3 is 5.97 Å². The fraction of sp³-hybridized carbons (Fsp3) is 0.727. The third-order valence-corrected chi connectivity index (χ3v) is 3.05. The summed E-state index contributed by atoms with van der Waals surface area (Å²) in [6.07, 6.45) is 5.12. The molecule has 1 fully saturated rings. The number of allylic oxidation sites excluding steroid dienone is 1. The molecule has 0 saturated heterocycles. The first-order valence-corrected chi connectivity index (χ1v) is 5.17. The molecule has 0 aromatic carbocycles. The van der Waals surface area contributed by atoms with Crippen LogP contribution >= 0.6 is 0 Å². The Bertz CT molecular complexity index is 205. The Morgan fingerprint density at radius 1 is 1.43 bits per heavy atom. The number of carboxylic acid groups (broad SMARTS) is 1. The predicted molar refractivity (Wildman–Crippen MR) is 53.9 cm³/mol. The smallest absolute Gasteiger partial charge is 0.307 e. The van der Waals surface area contributed by atoms with E-state index in [9.17, 15) is 9.90 Å². The molecule has 0 spiro atoms. The van der Waals surface area contributed by atoms with Crippen LogP contribution in [0.25, 0.3) is 0 Å². The van der Waals surface area contributed by atoms with Crippen LogP contribution in [0, 0.1) is 11.8 Å². The molecule has 80 valence electrons. The van der Waals surface area contributed by atoms with Gasteiger partial charge in [-0.05, 0) is 38.0 Å². The highest BCUT2D eigenvalue weighted by molar-refractivity contribution is 5.70. The third kappa shape index (κ3) is 2.84. The summed E-state index contributed by atoms with van der Waals surface area (Å²) in [5.41, 5.74) is 0. The Labute approximate surface area is 84.4 Å². The van der Waals surface area contributed by atoms with E-state index in [1.165, 1.54) is 0 Å². The molecule has 3 nitrogen and oxygen atoms in total. The molecule has 1 unspecified atom stereocenters. The van der Waals surface area contributed by atoms with E-state index < -0.39 is 5.97 Å². The van der Waals surface area contributed by atoms with Crippen molar-refractivity contribution < 1.29 is 15.0 Å². The van der Waals surface area contributed by atoms with Gasteiger partial charge in [0.25, 0.3) is 0 Å². The molecular formula is C11H18O3. The zero-order valence-electron chi connectivity index (χ0n) is 8.35. The van der Waals surface area contributed by atoms with Crippen molar-refractivity contribution in [3.8, 4) is 0 Å². The second-order valence-electron chi connectivity index (χ2n) is 4.04. The molecule has 0 aliphatic heterocycles. The number of carbonyl (C=O) groups is 1. The van der Waals surface area contributed by atoms with Crippen LogP contribution in [-0.2, 0) is 4.79 Å². The van der Waals surface area contributed by atoms with Crippen LogP contribution in [0.4, 0.5) is 0 Å². The summed E-state index contributed by atoms with van der Waals surface area (Å²) >= 11 is 0. The number of hydrogen-bond acceptors (Lipinski definition) is 2. The molecule has 1 aliphatic rings. The van der Waals surface area contributed by atoms with Crippen molar-refractivity contribution in [3.63, 3.8) is 0 Å². The van der Waals surface area contributed by atoms with Crippen molar-refractivity contribution >= 4 is 5.97 Å². The number of rotatable bonds is 4. The van der Waals surface area contributed by atoms with E-state index in [0.717, 1.165) is 25.7 Å². The molecule has 0 aromatic rings. The van der Waals surface area contributed by atoms with Crippen molar-refractivity contribution in [2.75, 3.05) is 0 Å². The molecule has 0 bridgehead atoms. The number of aliphatic hydroxyl groups excluding tert-OH is 1. The van der Waals surface area contributed by atoms with Crippen molar-refractivity contribution in [2.45, 2.75) is 38.2 Å². The lowest BCUT2D eigenvalue weighted by atomic mass is 9.77. The molecule has 0 aromatic heterocycles. The minimum Gasteiger partial charge on any atom is -0.481 e. The molecule has 0 amide bonds. The fourth-order valence-corrected chi connectivity index (χ4v) is 2.18. The summed E-state index contributed by atoms with van der Waals surface area (Å²) in [6.45, 7) is 3.58. The molecular weight excluding hydrogens is 180 g/mol. The minimum atomic E-state index is -0.730. The molecule has 1 rings (SSSR count). The summed E-state index contributed by atoms with van der Waals surface area (Å²) in [5, 5.41) is 18.3. The topological polar surface area (TPSA) is 57.5 Å². The molecule has 14 heavy (non-hydrogen) atoms. The van der Waals surface area contributed by atoms with E-state index >= 15 is 0 Å². The summed E-state index contributed by atoms with van der Waals surface area (Å²) in [4.78, 5) is 11.0. The van der Waals surface area contributed by atoms with Crippen LogP contribution in [0.15, 0.2) is 12.7 Å². The second kappa shape index (κ2) is 5.15. The van der Waals surface area contributed by atoms with E-state index in [1.807, 2.05) is 0 Å². The predicted octanol–water partition coefficient (Wildman–Crippen LogP) is 1.81. The number of carboxylic acids is 1. The van der Waals surface area contributed by atoms with Gasteiger partial charge in [0.2, 0.25) is 0 Å². The van der Waals surface area contributed by atoms with E-state index in [4.69, 9.17) is 5.11 Å². The van der Waals surface area contributed by atoms with Crippen molar-refractivity contribution in [1.82, 2.24) is 0 Å². The lowest BCUT2D eigenvalue weighted by molar-refractivity contribution is -0.144. The average Bonchev–Trinajstić information content (AvgIpc) is 2.15. The largest absolute Gasteiger partial charge is 0.481 e. The van der Waals surface area contributed by atoms with Gasteiger partial charge in [-0.15, -0.1) is 6.58 Å². The Hall–Kier alpha value is -0.830. The standard InChI is InChI=1S/C11H18O3/c1-2-3-10(11(13)14)8-4-6-9(12)7-5-8/h2,8-10,12H,1,3-7H2,(H,13,14). The van der Waals surface area contributed by atoms with E-state index in [1.54, 1.807) is 6.08 Å². The van der Waals surface area contributed by atoms with Gasteiger partial charge in [0, 0.05) is 0 Å². The van der Waals surface area contributed by atoms with Crippen LogP contribution in [0.5, 0.6) is 0 Å². The Balaban J connectivity index is 2.51. The van der Waals surface area contributed by atoms with Crippen LogP contribution in [-0.4, -0.2) is 22.3 Å². The lowest BCUT2D eigenvalue weighted by Gasteiger charge is -2.29. The van der Waals surface area contributed by atoms with Gasteiger partial charge in [0.15, 0.2) is 0 Å². The average molecular weight is 198 g/mol. The van der Waals surface area contributed by atoms with Gasteiger partial charge in [-0.2, -0.15) is 0 Å². The van der Waals surface area contributed by atoms with E-state index in [-0.39, 0.29) is 17.9 Å². The Morgan fingerprint density at radius 2 is 2.00 bits per heavy atom. The molecule has 1 aliphatic carbocycles. The SMILES string of the molecule is C=CCC(C(=O)O)C1CCC(O)CC1. The Kier molecular flexibility index (Phi) is 4.14. The maximum Gasteiger partial charge on any atom is 0.307 e. The van der Waals surface area contributed by atoms with Gasteiger partial charge in [0.05, 0.1) is 12.0 Å². The summed E-state index contributed by atoms with van der Waals surface area (Å²) in [7, 11) is 0. The molecule has 0 radical (unpaired) electrons. The summed E-state index contributed by atoms with van der Waals surface area (Å²) in [6, 6.07) is 0. The molecule has 2 N–H and O–H groups in total. The number of aliphatic carboxylic acids is 1. The van der Waals surface area contributed by atoms with Crippen LogP contribution < -0.4 is 0 Å². The zero-order valence-corrected chi connectivity index (χ0v) is 8.35. The van der Waals surface area contributed by atoms with Crippen molar-refractivity contribution in [1.29, 1.82) is 0 Å². The molecule has 1 atom stereocenters. The maximum absolute atomic E-state index is 11.0. The highest BCUT2D eigenvalue weighted by atomic mass is 16.4. The highest BCUT2D eigenvalue weighted by Crippen LogP contribution is 2.32. The van der Waals surface area contributed by atoms with Crippen LogP contribution in [0.2, 0.25) is 0 Å². The van der Waals surface area contributed by atoms with Crippen LogP contribution in [0.3, 0.4) is 0 Å². The quantitative estimate of drug-likeness (QED) is 0.677. The van der Waals surface area contributed by atoms with Gasteiger partial charge in [-0.1, -0.05) is 6.08 Å². The van der Waals surface area contributed by atoms with E-state index in [0.29, 0.717) is 6.42 Å². The van der Waals surface area contributed by atoms with Gasteiger partial charge in [0.1, 0.15) is 0 Å². The summed E-state index contributed by atoms with van der Waals surface area (Å²) < 4.78 is 0. The third-order valence-electron chi connectivity index (χ3n) is 3.05. The normalized spacial score (nSPS) is 29.5. The van der Waals surface area contributed by atoms with Crippen LogP contribution in [0.1, 0.15) is 32.1 Å². The number of aliphatic hydroxyl groups is 1. The molecule has 3 heteroatoms. The van der Waals surface area contributed by atoms with Crippen molar-refractivity contribution in [3.05, 3.63) is 12.7 Å². The first-order valence-electron chi connectivity index (χ1n) is 5.17. The van der Waals surface area contributed by atoms with Gasteiger partial charge in [-0.25, -0.2) is 0 Å². The highest BCUT2D eigenvalue weighted by Gasteiger charge is 2.30. The first kappa shape index (κ1) is 11.2. The molecule has 1 saturated carbocycles. The monoisotopic (exact) mass is 198 g/mol. The fourth-order valence-electron chi connectivity index (χ4n) is 2.18. The Morgan fingerprint density at radius 3 is 2.43 bits per heavy atom. The summed E-state index contributed by atoms with van der Waals surface area (Å²) in [5.74, 6) is -0.819. The lowest BCUT2D eigenvalue weighted by Crippen LogP contribution is -2.28. The van der Waals surface area contributed by atoms with Gasteiger partial charge < -0.3 is 10.2 Å².